The largest absolute Gasteiger partial charge is 0.298 e. The SMILES string of the molecule is CON1NNc2cccnc21. The maximum atomic E-state index is 4.93. The fourth-order valence-corrected chi connectivity index (χ4v) is 0.952. The van der Waals surface area contributed by atoms with Crippen LogP contribution in [-0.2, 0) is 4.84 Å². The van der Waals surface area contributed by atoms with Crippen LogP contribution in [0.4, 0.5) is 11.5 Å². The summed E-state index contributed by atoms with van der Waals surface area (Å²) in [5, 5.41) is 1.45. The minimum Gasteiger partial charge on any atom is -0.298 e. The predicted molar refractivity (Wildman–Crippen MR) is 40.5 cm³/mol. The maximum absolute atomic E-state index is 4.93. The van der Waals surface area contributed by atoms with Gasteiger partial charge in [-0.1, -0.05) is 0 Å². The van der Waals surface area contributed by atoms with Gasteiger partial charge >= 0.3 is 0 Å². The molecule has 0 amide bonds. The van der Waals surface area contributed by atoms with Crippen molar-refractivity contribution in [2.24, 2.45) is 0 Å². The van der Waals surface area contributed by atoms with E-state index in [0.29, 0.717) is 0 Å². The lowest BCUT2D eigenvalue weighted by molar-refractivity contribution is 0.146. The molecule has 0 saturated heterocycles. The van der Waals surface area contributed by atoms with E-state index in [1.807, 2.05) is 12.1 Å². The van der Waals surface area contributed by atoms with Crippen LogP contribution >= 0.6 is 0 Å². The number of hydrazine groups is 2. The Morgan fingerprint density at radius 3 is 3.36 bits per heavy atom. The zero-order valence-corrected chi connectivity index (χ0v) is 6.03. The lowest BCUT2D eigenvalue weighted by Gasteiger charge is -2.11. The second-order valence-electron chi connectivity index (χ2n) is 2.09. The summed E-state index contributed by atoms with van der Waals surface area (Å²) in [5.74, 6) is 0.745. The zero-order chi connectivity index (χ0) is 7.68. The Bertz CT molecular complexity index is 265. The topological polar surface area (TPSA) is 49.4 Å². The summed E-state index contributed by atoms with van der Waals surface area (Å²) in [7, 11) is 1.57. The monoisotopic (exact) mass is 152 g/mol. The number of anilines is 2. The van der Waals surface area contributed by atoms with E-state index in [-0.39, 0.29) is 0 Å². The number of hydrogen-bond acceptors (Lipinski definition) is 5. The van der Waals surface area contributed by atoms with Gasteiger partial charge in [-0.25, -0.2) is 4.98 Å². The highest BCUT2D eigenvalue weighted by Crippen LogP contribution is 2.24. The number of aromatic nitrogens is 1. The molecule has 2 N–H and O–H groups in total. The van der Waals surface area contributed by atoms with Gasteiger partial charge in [0, 0.05) is 6.20 Å². The molecular formula is C6H8N4O. The van der Waals surface area contributed by atoms with E-state index < -0.39 is 0 Å². The highest BCUT2D eigenvalue weighted by molar-refractivity contribution is 5.66. The molecule has 0 bridgehead atoms. The number of fused-ring (bicyclic) bond motifs is 1. The van der Waals surface area contributed by atoms with Crippen molar-refractivity contribution in [3.8, 4) is 0 Å². The van der Waals surface area contributed by atoms with Crippen molar-refractivity contribution in [3.05, 3.63) is 18.3 Å². The summed E-state index contributed by atoms with van der Waals surface area (Å²) < 4.78 is 0. The van der Waals surface area contributed by atoms with E-state index in [0.717, 1.165) is 11.5 Å². The zero-order valence-electron chi connectivity index (χ0n) is 6.03. The number of pyridine rings is 1. The van der Waals surface area contributed by atoms with E-state index in [9.17, 15) is 0 Å². The molecule has 0 saturated carbocycles. The van der Waals surface area contributed by atoms with Gasteiger partial charge in [0.05, 0.1) is 12.8 Å². The fourth-order valence-electron chi connectivity index (χ4n) is 0.952. The van der Waals surface area contributed by atoms with Crippen molar-refractivity contribution in [3.63, 3.8) is 0 Å². The summed E-state index contributed by atoms with van der Waals surface area (Å²) in [6, 6.07) is 3.76. The normalized spacial score (nSPS) is 14.5. The van der Waals surface area contributed by atoms with Crippen LogP contribution in [0.15, 0.2) is 18.3 Å². The molecule has 58 valence electrons. The van der Waals surface area contributed by atoms with E-state index in [4.69, 9.17) is 4.84 Å². The van der Waals surface area contributed by atoms with Gasteiger partial charge in [-0.3, -0.25) is 10.3 Å². The second kappa shape index (κ2) is 2.37. The van der Waals surface area contributed by atoms with Gasteiger partial charge in [-0.05, 0) is 12.1 Å². The third-order valence-corrected chi connectivity index (χ3v) is 1.45. The molecule has 0 atom stereocenters. The van der Waals surface area contributed by atoms with Gasteiger partial charge in [0.25, 0.3) is 0 Å². The first-order chi connectivity index (χ1) is 5.42. The number of hydrogen-bond donors (Lipinski definition) is 2. The van der Waals surface area contributed by atoms with Crippen LogP contribution in [0.2, 0.25) is 0 Å². The van der Waals surface area contributed by atoms with Crippen molar-refractivity contribution in [2.45, 2.75) is 0 Å². The lowest BCUT2D eigenvalue weighted by Crippen LogP contribution is -2.35. The quantitative estimate of drug-likeness (QED) is 0.606. The maximum Gasteiger partial charge on any atom is 0.197 e. The third kappa shape index (κ3) is 0.903. The van der Waals surface area contributed by atoms with Crippen molar-refractivity contribution in [1.82, 2.24) is 10.5 Å². The van der Waals surface area contributed by atoms with Crippen LogP contribution in [0.3, 0.4) is 0 Å². The van der Waals surface area contributed by atoms with Crippen molar-refractivity contribution in [2.75, 3.05) is 17.7 Å². The lowest BCUT2D eigenvalue weighted by atomic mass is 10.4. The van der Waals surface area contributed by atoms with Gasteiger partial charge in [0.2, 0.25) is 0 Å². The van der Waals surface area contributed by atoms with Crippen molar-refractivity contribution in [1.29, 1.82) is 0 Å². The van der Waals surface area contributed by atoms with Crippen LogP contribution in [0.5, 0.6) is 0 Å². The molecule has 0 fully saturated rings. The van der Waals surface area contributed by atoms with Crippen LogP contribution in [0.25, 0.3) is 0 Å². The first kappa shape index (κ1) is 6.38. The Morgan fingerprint density at radius 1 is 1.64 bits per heavy atom. The van der Waals surface area contributed by atoms with E-state index >= 15 is 0 Å². The Hall–Kier alpha value is -1.33. The van der Waals surface area contributed by atoms with E-state index in [2.05, 4.69) is 15.9 Å². The van der Waals surface area contributed by atoms with Crippen LogP contribution in [0, 0.1) is 0 Å². The standard InChI is InChI=1S/C6H8N4O/c1-11-10-6-5(8-9-10)3-2-4-7-6/h2-4,8-9H,1H3. The average Bonchev–Trinajstić information content (AvgIpc) is 2.47. The molecular weight excluding hydrogens is 144 g/mol. The number of rotatable bonds is 1. The van der Waals surface area contributed by atoms with Gasteiger partial charge < -0.3 is 0 Å². The van der Waals surface area contributed by atoms with E-state index in [1.54, 1.807) is 13.3 Å². The summed E-state index contributed by atoms with van der Waals surface area (Å²) in [6.45, 7) is 0. The molecule has 0 spiro atoms. The molecule has 2 rings (SSSR count). The van der Waals surface area contributed by atoms with Crippen molar-refractivity contribution < 1.29 is 4.84 Å². The molecule has 1 aromatic rings. The first-order valence-corrected chi connectivity index (χ1v) is 3.23. The summed E-state index contributed by atoms with van der Waals surface area (Å²) in [5.41, 5.74) is 6.57. The molecule has 1 aliphatic rings. The Labute approximate surface area is 63.9 Å². The minimum absolute atomic E-state index is 0.745. The van der Waals surface area contributed by atoms with Crippen LogP contribution in [0.1, 0.15) is 0 Å². The Kier molecular flexibility index (Phi) is 1.38. The smallest absolute Gasteiger partial charge is 0.197 e. The summed E-state index contributed by atoms with van der Waals surface area (Å²) in [4.78, 5) is 9.02. The van der Waals surface area contributed by atoms with Gasteiger partial charge in [-0.2, -0.15) is 0 Å². The Balaban J connectivity index is 2.39. The van der Waals surface area contributed by atoms with Gasteiger partial charge in [-0.15, -0.1) is 10.7 Å². The minimum atomic E-state index is 0.745. The Morgan fingerprint density at radius 2 is 2.55 bits per heavy atom. The molecule has 0 aliphatic carbocycles. The summed E-state index contributed by atoms with van der Waals surface area (Å²) in [6.07, 6.45) is 1.71. The highest BCUT2D eigenvalue weighted by Gasteiger charge is 2.18. The van der Waals surface area contributed by atoms with Crippen LogP contribution < -0.4 is 16.1 Å². The summed E-state index contributed by atoms with van der Waals surface area (Å²) >= 11 is 0. The molecule has 0 unspecified atom stereocenters. The van der Waals surface area contributed by atoms with Crippen LogP contribution in [-0.4, -0.2) is 12.1 Å². The molecule has 5 heteroatoms. The first-order valence-electron chi connectivity index (χ1n) is 3.23. The van der Waals surface area contributed by atoms with Crippen molar-refractivity contribution >= 4 is 11.5 Å². The number of nitrogens with zero attached hydrogens (tertiary/aromatic N) is 2. The molecule has 1 aromatic heterocycles. The van der Waals surface area contributed by atoms with E-state index in [1.165, 1.54) is 5.17 Å². The molecule has 0 aromatic carbocycles. The van der Waals surface area contributed by atoms with Gasteiger partial charge in [0.1, 0.15) is 0 Å². The molecule has 1 aliphatic heterocycles. The van der Waals surface area contributed by atoms with Gasteiger partial charge in [0.15, 0.2) is 5.82 Å². The molecule has 5 nitrogen and oxygen atoms in total. The second-order valence-corrected chi connectivity index (χ2v) is 2.09. The predicted octanol–water partition coefficient (Wildman–Crippen LogP) is 0.294. The average molecular weight is 152 g/mol. The molecule has 2 heterocycles. The number of nitrogens with one attached hydrogen (secondary N) is 2. The molecule has 0 radical (unpaired) electrons. The third-order valence-electron chi connectivity index (χ3n) is 1.45. The fraction of sp³-hybridized carbons (Fsp3) is 0.167. The highest BCUT2D eigenvalue weighted by atomic mass is 16.7. The molecule has 11 heavy (non-hydrogen) atoms.